The molecule has 0 saturated carbocycles. The van der Waals surface area contributed by atoms with Crippen LogP contribution < -0.4 is 14.8 Å². The first kappa shape index (κ1) is 16.4. The fourth-order valence-corrected chi connectivity index (χ4v) is 3.23. The Labute approximate surface area is 135 Å². The van der Waals surface area contributed by atoms with E-state index in [9.17, 15) is 0 Å². The van der Waals surface area contributed by atoms with Crippen LogP contribution in [0.25, 0.3) is 0 Å². The molecule has 0 atom stereocenters. The molecule has 2 rings (SSSR count). The molecule has 0 bridgehead atoms. The zero-order chi connectivity index (χ0) is 15.1. The average Bonchev–Trinajstić information content (AvgIpc) is 2.52. The van der Waals surface area contributed by atoms with Crippen molar-refractivity contribution in [1.29, 1.82) is 0 Å². The van der Waals surface area contributed by atoms with Crippen molar-refractivity contribution in [2.75, 3.05) is 20.8 Å². The van der Waals surface area contributed by atoms with Crippen molar-refractivity contribution in [3.8, 4) is 11.5 Å². The van der Waals surface area contributed by atoms with Gasteiger partial charge in [0.1, 0.15) is 0 Å². The molecule has 0 aliphatic heterocycles. The number of halogens is 1. The SMILES string of the molecule is COc1cc(Br)cc(CNCCC2=CCCCC2)c1OC. The summed E-state index contributed by atoms with van der Waals surface area (Å²) < 4.78 is 11.8. The van der Waals surface area contributed by atoms with Crippen molar-refractivity contribution < 1.29 is 9.47 Å². The van der Waals surface area contributed by atoms with E-state index >= 15 is 0 Å². The summed E-state index contributed by atoms with van der Waals surface area (Å²) in [4.78, 5) is 0. The fraction of sp³-hybridized carbons (Fsp3) is 0.529. The number of allylic oxidation sites excluding steroid dienone is 1. The minimum absolute atomic E-state index is 0.763. The van der Waals surface area contributed by atoms with Crippen LogP contribution in [0.2, 0.25) is 0 Å². The molecule has 4 heteroatoms. The van der Waals surface area contributed by atoms with Gasteiger partial charge in [-0.3, -0.25) is 0 Å². The lowest BCUT2D eigenvalue weighted by molar-refractivity contribution is 0.350. The van der Waals surface area contributed by atoms with Crippen LogP contribution in [0.3, 0.4) is 0 Å². The van der Waals surface area contributed by atoms with Gasteiger partial charge in [-0.2, -0.15) is 0 Å². The highest BCUT2D eigenvalue weighted by Gasteiger charge is 2.11. The lowest BCUT2D eigenvalue weighted by Crippen LogP contribution is -2.16. The number of nitrogens with one attached hydrogen (secondary N) is 1. The molecule has 0 amide bonds. The first-order valence-corrected chi connectivity index (χ1v) is 8.33. The van der Waals surface area contributed by atoms with Gasteiger partial charge in [-0.05, 0) is 50.8 Å². The third kappa shape index (κ3) is 4.75. The Morgan fingerprint density at radius 1 is 1.19 bits per heavy atom. The number of ether oxygens (including phenoxy) is 2. The Balaban J connectivity index is 1.90. The summed E-state index contributed by atoms with van der Waals surface area (Å²) in [6.45, 7) is 1.79. The number of benzene rings is 1. The number of hydrogen-bond acceptors (Lipinski definition) is 3. The molecule has 0 radical (unpaired) electrons. The second-order valence-corrected chi connectivity index (χ2v) is 6.25. The molecular formula is C17H24BrNO2. The van der Waals surface area contributed by atoms with Gasteiger partial charge in [-0.25, -0.2) is 0 Å². The monoisotopic (exact) mass is 353 g/mol. The Morgan fingerprint density at radius 3 is 2.71 bits per heavy atom. The Hall–Kier alpha value is -1.00. The van der Waals surface area contributed by atoms with Crippen LogP contribution in [-0.4, -0.2) is 20.8 Å². The van der Waals surface area contributed by atoms with Crippen LogP contribution in [0.1, 0.15) is 37.7 Å². The lowest BCUT2D eigenvalue weighted by atomic mass is 9.97. The van der Waals surface area contributed by atoms with E-state index < -0.39 is 0 Å². The summed E-state index contributed by atoms with van der Waals surface area (Å²) in [5.74, 6) is 1.57. The number of rotatable bonds is 7. The van der Waals surface area contributed by atoms with Crippen LogP contribution in [-0.2, 0) is 6.54 Å². The van der Waals surface area contributed by atoms with E-state index in [4.69, 9.17) is 9.47 Å². The first-order chi connectivity index (χ1) is 10.2. The van der Waals surface area contributed by atoms with E-state index in [1.807, 2.05) is 6.07 Å². The van der Waals surface area contributed by atoms with Gasteiger partial charge in [-0.15, -0.1) is 0 Å². The minimum atomic E-state index is 0.763. The van der Waals surface area contributed by atoms with E-state index in [0.717, 1.165) is 41.0 Å². The van der Waals surface area contributed by atoms with Gasteiger partial charge in [0.05, 0.1) is 14.2 Å². The molecule has 0 spiro atoms. The second kappa shape index (κ2) is 8.44. The van der Waals surface area contributed by atoms with Crippen molar-refractivity contribution in [2.45, 2.75) is 38.6 Å². The van der Waals surface area contributed by atoms with Crippen LogP contribution in [0.5, 0.6) is 11.5 Å². The van der Waals surface area contributed by atoms with Gasteiger partial charge < -0.3 is 14.8 Å². The summed E-state index contributed by atoms with van der Waals surface area (Å²) in [7, 11) is 3.35. The summed E-state index contributed by atoms with van der Waals surface area (Å²) in [6.07, 6.45) is 8.79. The highest BCUT2D eigenvalue weighted by molar-refractivity contribution is 9.10. The zero-order valence-corrected chi connectivity index (χ0v) is 14.5. The largest absolute Gasteiger partial charge is 0.493 e. The van der Waals surface area contributed by atoms with Crippen LogP contribution in [0.4, 0.5) is 0 Å². The molecule has 1 aliphatic carbocycles. The molecule has 3 nitrogen and oxygen atoms in total. The number of hydrogen-bond donors (Lipinski definition) is 1. The van der Waals surface area contributed by atoms with E-state index in [1.54, 1.807) is 19.8 Å². The molecule has 1 aromatic rings. The van der Waals surface area contributed by atoms with Gasteiger partial charge in [0.2, 0.25) is 0 Å². The highest BCUT2D eigenvalue weighted by atomic mass is 79.9. The van der Waals surface area contributed by atoms with Crippen molar-refractivity contribution in [3.63, 3.8) is 0 Å². The van der Waals surface area contributed by atoms with Gasteiger partial charge >= 0.3 is 0 Å². The maximum absolute atomic E-state index is 5.47. The maximum atomic E-state index is 5.47. The van der Waals surface area contributed by atoms with E-state index in [2.05, 4.69) is 33.4 Å². The predicted octanol–water partition coefficient (Wildman–Crippen LogP) is 4.45. The Kier molecular flexibility index (Phi) is 6.58. The van der Waals surface area contributed by atoms with Crippen LogP contribution in [0, 0.1) is 0 Å². The smallest absolute Gasteiger partial charge is 0.165 e. The van der Waals surface area contributed by atoms with Crippen molar-refractivity contribution in [1.82, 2.24) is 5.32 Å². The zero-order valence-electron chi connectivity index (χ0n) is 12.9. The molecule has 116 valence electrons. The van der Waals surface area contributed by atoms with Crippen molar-refractivity contribution >= 4 is 15.9 Å². The van der Waals surface area contributed by atoms with Crippen LogP contribution >= 0.6 is 15.9 Å². The molecule has 0 aromatic heterocycles. The maximum Gasteiger partial charge on any atom is 0.165 e. The van der Waals surface area contributed by atoms with E-state index in [-0.39, 0.29) is 0 Å². The molecule has 1 aromatic carbocycles. The summed E-state index contributed by atoms with van der Waals surface area (Å²) in [5, 5.41) is 3.51. The van der Waals surface area contributed by atoms with Crippen molar-refractivity contribution in [2.24, 2.45) is 0 Å². The second-order valence-electron chi connectivity index (χ2n) is 5.34. The minimum Gasteiger partial charge on any atom is -0.493 e. The molecule has 0 saturated heterocycles. The third-order valence-corrected chi connectivity index (χ3v) is 4.30. The molecule has 0 heterocycles. The molecule has 1 aliphatic rings. The van der Waals surface area contributed by atoms with E-state index in [1.165, 1.54) is 25.7 Å². The normalized spacial score (nSPS) is 14.7. The quantitative estimate of drug-likeness (QED) is 0.580. The summed E-state index contributed by atoms with van der Waals surface area (Å²) in [5.41, 5.74) is 2.72. The highest BCUT2D eigenvalue weighted by Crippen LogP contribution is 2.34. The lowest BCUT2D eigenvalue weighted by Gasteiger charge is -2.15. The summed E-state index contributed by atoms with van der Waals surface area (Å²) >= 11 is 3.52. The van der Waals surface area contributed by atoms with Gasteiger partial charge in [0.15, 0.2) is 11.5 Å². The Morgan fingerprint density at radius 2 is 2.05 bits per heavy atom. The molecule has 0 unspecified atom stereocenters. The fourth-order valence-electron chi connectivity index (χ4n) is 2.74. The third-order valence-electron chi connectivity index (χ3n) is 3.84. The number of methoxy groups -OCH3 is 2. The van der Waals surface area contributed by atoms with Gasteiger partial charge in [-0.1, -0.05) is 27.6 Å². The molecule has 21 heavy (non-hydrogen) atoms. The summed E-state index contributed by atoms with van der Waals surface area (Å²) in [6, 6.07) is 4.00. The Bertz CT molecular complexity index is 500. The van der Waals surface area contributed by atoms with Crippen LogP contribution in [0.15, 0.2) is 28.3 Å². The topological polar surface area (TPSA) is 30.5 Å². The standard InChI is InChI=1S/C17H24BrNO2/c1-20-16-11-15(18)10-14(17(16)21-2)12-19-9-8-13-6-4-3-5-7-13/h6,10-11,19H,3-5,7-9,12H2,1-2H3. The van der Waals surface area contributed by atoms with Gasteiger partial charge in [0.25, 0.3) is 0 Å². The first-order valence-electron chi connectivity index (χ1n) is 7.53. The van der Waals surface area contributed by atoms with Gasteiger partial charge in [0, 0.05) is 16.6 Å². The molecule has 1 N–H and O–H groups in total. The molecule has 0 fully saturated rings. The molecular weight excluding hydrogens is 330 g/mol. The predicted molar refractivity (Wildman–Crippen MR) is 90.1 cm³/mol. The van der Waals surface area contributed by atoms with E-state index in [0.29, 0.717) is 0 Å². The average molecular weight is 354 g/mol. The van der Waals surface area contributed by atoms with Crippen molar-refractivity contribution in [3.05, 3.63) is 33.8 Å².